The standard InChI is InChI=1S/C17H14FN3O4S/c1-25-17(22)15-10-16(11-2-4-12(18)5-3-11)21(20-15)13-6-8-14(9-7-13)26(19,23)24/h2-10H,1H3,(H2,19,23,24). The van der Waals surface area contributed by atoms with E-state index in [-0.39, 0.29) is 10.6 Å². The van der Waals surface area contributed by atoms with Crippen LogP contribution in [-0.2, 0) is 14.8 Å². The van der Waals surface area contributed by atoms with Crippen molar-refractivity contribution >= 4 is 16.0 Å². The summed E-state index contributed by atoms with van der Waals surface area (Å²) in [4.78, 5) is 11.8. The molecule has 0 saturated heterocycles. The Kier molecular flexibility index (Phi) is 4.58. The quantitative estimate of drug-likeness (QED) is 0.703. The Morgan fingerprint density at radius 1 is 1.12 bits per heavy atom. The molecule has 0 radical (unpaired) electrons. The number of aromatic nitrogens is 2. The van der Waals surface area contributed by atoms with E-state index in [9.17, 15) is 17.6 Å². The van der Waals surface area contributed by atoms with Crippen LogP contribution in [-0.4, -0.2) is 31.3 Å². The molecule has 3 rings (SSSR count). The van der Waals surface area contributed by atoms with E-state index in [4.69, 9.17) is 5.14 Å². The Morgan fingerprint density at radius 2 is 1.73 bits per heavy atom. The predicted molar refractivity (Wildman–Crippen MR) is 91.7 cm³/mol. The van der Waals surface area contributed by atoms with Gasteiger partial charge in [-0.15, -0.1) is 0 Å². The molecule has 3 aromatic rings. The van der Waals surface area contributed by atoms with Gasteiger partial charge in [-0.3, -0.25) is 0 Å². The number of carbonyl (C=O) groups is 1. The van der Waals surface area contributed by atoms with Crippen molar-refractivity contribution in [3.05, 3.63) is 66.1 Å². The van der Waals surface area contributed by atoms with Crippen LogP contribution in [0.3, 0.4) is 0 Å². The minimum absolute atomic E-state index is 0.0510. The molecule has 0 unspecified atom stereocenters. The first-order valence-corrected chi connectivity index (χ1v) is 8.92. The number of rotatable bonds is 4. The minimum atomic E-state index is -3.83. The number of carbonyl (C=O) groups excluding carboxylic acids is 1. The van der Waals surface area contributed by atoms with Crippen molar-refractivity contribution in [3.8, 4) is 16.9 Å². The van der Waals surface area contributed by atoms with E-state index in [1.165, 1.54) is 54.3 Å². The van der Waals surface area contributed by atoms with Crippen molar-refractivity contribution in [3.63, 3.8) is 0 Å². The van der Waals surface area contributed by atoms with E-state index in [0.717, 1.165) is 0 Å². The van der Waals surface area contributed by atoms with Gasteiger partial charge in [-0.1, -0.05) is 0 Å². The second-order valence-electron chi connectivity index (χ2n) is 5.36. The summed E-state index contributed by atoms with van der Waals surface area (Å²) in [5.41, 5.74) is 1.67. The maximum Gasteiger partial charge on any atom is 0.358 e. The zero-order valence-corrected chi connectivity index (χ0v) is 14.4. The maximum atomic E-state index is 13.2. The van der Waals surface area contributed by atoms with Gasteiger partial charge in [0.05, 0.1) is 23.4 Å². The van der Waals surface area contributed by atoms with Gasteiger partial charge >= 0.3 is 5.97 Å². The summed E-state index contributed by atoms with van der Waals surface area (Å²) in [7, 11) is -2.59. The highest BCUT2D eigenvalue weighted by Gasteiger charge is 2.18. The lowest BCUT2D eigenvalue weighted by Crippen LogP contribution is -2.12. The molecule has 0 aliphatic rings. The van der Waals surface area contributed by atoms with Crippen LogP contribution in [0.25, 0.3) is 16.9 Å². The molecule has 0 amide bonds. The van der Waals surface area contributed by atoms with Crippen LogP contribution < -0.4 is 5.14 Å². The fourth-order valence-electron chi connectivity index (χ4n) is 2.39. The van der Waals surface area contributed by atoms with Gasteiger partial charge in [-0.25, -0.2) is 27.4 Å². The fraction of sp³-hybridized carbons (Fsp3) is 0.0588. The maximum absolute atomic E-state index is 13.2. The Labute approximate surface area is 148 Å². The van der Waals surface area contributed by atoms with E-state index >= 15 is 0 Å². The highest BCUT2D eigenvalue weighted by atomic mass is 32.2. The number of hydrogen-bond donors (Lipinski definition) is 1. The molecule has 0 atom stereocenters. The first-order chi connectivity index (χ1) is 12.3. The lowest BCUT2D eigenvalue weighted by Gasteiger charge is -2.08. The number of benzene rings is 2. The van der Waals surface area contributed by atoms with Crippen LogP contribution in [0.15, 0.2) is 59.5 Å². The van der Waals surface area contributed by atoms with Gasteiger partial charge in [0.2, 0.25) is 10.0 Å². The van der Waals surface area contributed by atoms with Gasteiger partial charge in [-0.05, 0) is 54.6 Å². The number of primary sulfonamides is 1. The van der Waals surface area contributed by atoms with Crippen molar-refractivity contribution < 1.29 is 22.3 Å². The summed E-state index contributed by atoms with van der Waals surface area (Å²) in [5, 5.41) is 9.31. The number of ether oxygens (including phenoxy) is 1. The number of esters is 1. The molecule has 26 heavy (non-hydrogen) atoms. The van der Waals surface area contributed by atoms with Crippen molar-refractivity contribution in [2.75, 3.05) is 7.11 Å². The number of hydrogen-bond acceptors (Lipinski definition) is 5. The van der Waals surface area contributed by atoms with E-state index in [0.29, 0.717) is 16.9 Å². The van der Waals surface area contributed by atoms with Gasteiger partial charge in [0.15, 0.2) is 5.69 Å². The van der Waals surface area contributed by atoms with Gasteiger partial charge in [-0.2, -0.15) is 5.10 Å². The molecule has 7 nitrogen and oxygen atoms in total. The van der Waals surface area contributed by atoms with Gasteiger partial charge < -0.3 is 4.74 Å². The van der Waals surface area contributed by atoms with Gasteiger partial charge in [0.1, 0.15) is 5.82 Å². The summed E-state index contributed by atoms with van der Waals surface area (Å²) in [6.07, 6.45) is 0. The molecule has 0 fully saturated rings. The minimum Gasteiger partial charge on any atom is -0.464 e. The van der Waals surface area contributed by atoms with Crippen LogP contribution in [0.2, 0.25) is 0 Å². The lowest BCUT2D eigenvalue weighted by molar-refractivity contribution is 0.0593. The fourth-order valence-corrected chi connectivity index (χ4v) is 2.90. The summed E-state index contributed by atoms with van der Waals surface area (Å²) >= 11 is 0. The molecular weight excluding hydrogens is 361 g/mol. The topological polar surface area (TPSA) is 104 Å². The van der Waals surface area contributed by atoms with Crippen LogP contribution in [0.5, 0.6) is 0 Å². The van der Waals surface area contributed by atoms with Crippen LogP contribution in [0.1, 0.15) is 10.5 Å². The summed E-state index contributed by atoms with van der Waals surface area (Å²) < 4.78 is 42.1. The lowest BCUT2D eigenvalue weighted by atomic mass is 10.1. The normalized spacial score (nSPS) is 11.3. The van der Waals surface area contributed by atoms with E-state index in [2.05, 4.69) is 9.84 Å². The van der Waals surface area contributed by atoms with Crippen molar-refractivity contribution in [1.29, 1.82) is 0 Å². The number of nitrogens with zero attached hydrogens (tertiary/aromatic N) is 2. The molecule has 0 aliphatic heterocycles. The van der Waals surface area contributed by atoms with E-state index < -0.39 is 21.8 Å². The predicted octanol–water partition coefficient (Wildman–Crippen LogP) is 2.11. The van der Waals surface area contributed by atoms with Crippen molar-refractivity contribution in [2.45, 2.75) is 4.90 Å². The third kappa shape index (κ3) is 3.48. The zero-order chi connectivity index (χ0) is 18.9. The average Bonchev–Trinajstić information content (AvgIpc) is 3.06. The molecule has 134 valence electrons. The number of halogens is 1. The molecule has 1 aromatic heterocycles. The SMILES string of the molecule is COC(=O)c1cc(-c2ccc(F)cc2)n(-c2ccc(S(N)(=O)=O)cc2)n1. The highest BCUT2D eigenvalue weighted by Crippen LogP contribution is 2.25. The van der Waals surface area contributed by atoms with Crippen LogP contribution in [0, 0.1) is 5.82 Å². The molecule has 0 spiro atoms. The Morgan fingerprint density at radius 3 is 2.27 bits per heavy atom. The van der Waals surface area contributed by atoms with Crippen LogP contribution >= 0.6 is 0 Å². The summed E-state index contributed by atoms with van der Waals surface area (Å²) in [5.74, 6) is -1.03. The molecule has 0 aliphatic carbocycles. The number of sulfonamides is 1. The first-order valence-electron chi connectivity index (χ1n) is 7.37. The van der Waals surface area contributed by atoms with Gasteiger partial charge in [0.25, 0.3) is 0 Å². The molecular formula is C17H14FN3O4S. The monoisotopic (exact) mass is 375 g/mol. The van der Waals surface area contributed by atoms with E-state index in [1.54, 1.807) is 12.1 Å². The Balaban J connectivity index is 2.14. The highest BCUT2D eigenvalue weighted by molar-refractivity contribution is 7.89. The first kappa shape index (κ1) is 17.8. The van der Waals surface area contributed by atoms with Crippen LogP contribution in [0.4, 0.5) is 4.39 Å². The third-order valence-corrected chi connectivity index (χ3v) is 4.58. The molecule has 2 N–H and O–H groups in total. The second-order valence-corrected chi connectivity index (χ2v) is 6.93. The Hall–Kier alpha value is -3.04. The number of nitrogens with two attached hydrogens (primary N) is 1. The summed E-state index contributed by atoms with van der Waals surface area (Å²) in [6, 6.07) is 12.8. The number of methoxy groups -OCH3 is 1. The second kappa shape index (κ2) is 6.70. The largest absolute Gasteiger partial charge is 0.464 e. The summed E-state index contributed by atoms with van der Waals surface area (Å²) in [6.45, 7) is 0. The molecule has 1 heterocycles. The molecule has 2 aromatic carbocycles. The molecule has 9 heteroatoms. The third-order valence-electron chi connectivity index (χ3n) is 3.65. The Bertz CT molecular complexity index is 1060. The zero-order valence-electron chi connectivity index (χ0n) is 13.6. The van der Waals surface area contributed by atoms with E-state index in [1.807, 2.05) is 0 Å². The van der Waals surface area contributed by atoms with Gasteiger partial charge in [0, 0.05) is 5.56 Å². The smallest absolute Gasteiger partial charge is 0.358 e. The average molecular weight is 375 g/mol. The molecule has 0 bridgehead atoms. The van der Waals surface area contributed by atoms with Crippen molar-refractivity contribution in [1.82, 2.24) is 9.78 Å². The van der Waals surface area contributed by atoms with Crippen molar-refractivity contribution in [2.24, 2.45) is 5.14 Å². The molecule has 0 saturated carbocycles.